The Morgan fingerprint density at radius 3 is 2.54 bits per heavy atom. The van der Waals surface area contributed by atoms with E-state index in [-0.39, 0.29) is 17.2 Å². The third-order valence-corrected chi connectivity index (χ3v) is 3.80. The lowest BCUT2D eigenvalue weighted by molar-refractivity contribution is 0.0945. The van der Waals surface area contributed by atoms with Gasteiger partial charge in [0.1, 0.15) is 5.75 Å². The molecule has 2 aromatic carbocycles. The van der Waals surface area contributed by atoms with Crippen molar-refractivity contribution in [2.75, 3.05) is 7.11 Å². The van der Waals surface area contributed by atoms with Gasteiger partial charge in [0.15, 0.2) is 5.69 Å². The molecule has 0 atom stereocenters. The zero-order valence-electron chi connectivity index (χ0n) is 13.4. The molecule has 1 N–H and O–H groups in total. The van der Waals surface area contributed by atoms with Gasteiger partial charge in [0, 0.05) is 24.5 Å². The molecular formula is C18H17N3O3. The van der Waals surface area contributed by atoms with Gasteiger partial charge < -0.3 is 10.1 Å². The topological polar surface area (TPSA) is 73.2 Å². The predicted molar refractivity (Wildman–Crippen MR) is 91.1 cm³/mol. The molecular weight excluding hydrogens is 306 g/mol. The molecule has 0 fully saturated rings. The van der Waals surface area contributed by atoms with Crippen LogP contribution >= 0.6 is 0 Å². The van der Waals surface area contributed by atoms with Crippen molar-refractivity contribution in [2.45, 2.75) is 6.54 Å². The second-order valence-corrected chi connectivity index (χ2v) is 5.32. The van der Waals surface area contributed by atoms with Crippen molar-refractivity contribution in [3.05, 3.63) is 70.1 Å². The highest BCUT2D eigenvalue weighted by Crippen LogP contribution is 2.17. The maximum absolute atomic E-state index is 12.6. The van der Waals surface area contributed by atoms with Crippen LogP contribution in [0.1, 0.15) is 16.1 Å². The normalized spacial score (nSPS) is 10.6. The minimum absolute atomic E-state index is 0.225. The van der Waals surface area contributed by atoms with Gasteiger partial charge in [0.25, 0.3) is 11.5 Å². The first-order valence-corrected chi connectivity index (χ1v) is 7.48. The standard InChI is InChI=1S/C18H17N3O3/c1-21-18(23)14-9-5-4-8-13(14)16(20-21)17(22)19-11-12-7-3-6-10-15(12)24-2/h3-10H,11H2,1-2H3,(H,19,22). The second-order valence-electron chi connectivity index (χ2n) is 5.32. The fourth-order valence-electron chi connectivity index (χ4n) is 2.58. The summed E-state index contributed by atoms with van der Waals surface area (Å²) in [6.45, 7) is 0.307. The average Bonchev–Trinajstić information content (AvgIpc) is 2.63. The molecule has 1 heterocycles. The van der Waals surface area contributed by atoms with E-state index < -0.39 is 0 Å². The Morgan fingerprint density at radius 1 is 1.12 bits per heavy atom. The van der Waals surface area contributed by atoms with Crippen molar-refractivity contribution in [3.8, 4) is 5.75 Å². The lowest BCUT2D eigenvalue weighted by Crippen LogP contribution is -2.29. The van der Waals surface area contributed by atoms with Gasteiger partial charge in [0.2, 0.25) is 0 Å². The number of rotatable bonds is 4. The molecule has 3 rings (SSSR count). The first kappa shape index (κ1) is 15.7. The Labute approximate surface area is 138 Å². The van der Waals surface area contributed by atoms with Crippen LogP contribution in [0, 0.1) is 0 Å². The third-order valence-electron chi connectivity index (χ3n) is 3.80. The first-order chi connectivity index (χ1) is 11.6. The maximum atomic E-state index is 12.6. The van der Waals surface area contributed by atoms with Crippen molar-refractivity contribution < 1.29 is 9.53 Å². The van der Waals surface area contributed by atoms with Crippen LogP contribution in [-0.4, -0.2) is 22.8 Å². The quantitative estimate of drug-likeness (QED) is 0.795. The fraction of sp³-hybridized carbons (Fsp3) is 0.167. The van der Waals surface area contributed by atoms with E-state index in [1.807, 2.05) is 24.3 Å². The molecule has 6 nitrogen and oxygen atoms in total. The van der Waals surface area contributed by atoms with E-state index in [2.05, 4.69) is 10.4 Å². The van der Waals surface area contributed by atoms with Crippen LogP contribution in [0.25, 0.3) is 10.8 Å². The van der Waals surface area contributed by atoms with Crippen molar-refractivity contribution >= 4 is 16.7 Å². The zero-order valence-corrected chi connectivity index (χ0v) is 13.4. The first-order valence-electron chi connectivity index (χ1n) is 7.48. The van der Waals surface area contributed by atoms with Crippen LogP contribution in [0.3, 0.4) is 0 Å². The Balaban J connectivity index is 1.92. The molecule has 0 aliphatic carbocycles. The lowest BCUT2D eigenvalue weighted by Gasteiger charge is -2.11. The van der Waals surface area contributed by atoms with Crippen molar-refractivity contribution in [3.63, 3.8) is 0 Å². The number of amides is 1. The minimum Gasteiger partial charge on any atom is -0.496 e. The molecule has 0 aliphatic rings. The molecule has 0 spiro atoms. The number of nitrogens with zero attached hydrogens (tertiary/aromatic N) is 2. The molecule has 3 aromatic rings. The lowest BCUT2D eigenvalue weighted by atomic mass is 10.1. The molecule has 1 aromatic heterocycles. The van der Waals surface area contributed by atoms with Gasteiger partial charge in [-0.3, -0.25) is 9.59 Å². The van der Waals surface area contributed by atoms with Crippen LogP contribution < -0.4 is 15.6 Å². The van der Waals surface area contributed by atoms with E-state index >= 15 is 0 Å². The Hall–Kier alpha value is -3.15. The molecule has 0 bridgehead atoms. The van der Waals surface area contributed by atoms with E-state index in [0.717, 1.165) is 5.56 Å². The molecule has 6 heteroatoms. The van der Waals surface area contributed by atoms with Gasteiger partial charge in [-0.1, -0.05) is 36.4 Å². The summed E-state index contributed by atoms with van der Waals surface area (Å²) in [7, 11) is 3.12. The van der Waals surface area contributed by atoms with Crippen molar-refractivity contribution in [2.24, 2.45) is 7.05 Å². The molecule has 0 unspecified atom stereocenters. The maximum Gasteiger partial charge on any atom is 0.274 e. The van der Waals surface area contributed by atoms with Gasteiger partial charge >= 0.3 is 0 Å². The number of hydrogen-bond donors (Lipinski definition) is 1. The summed E-state index contributed by atoms with van der Waals surface area (Å²) in [4.78, 5) is 24.7. The van der Waals surface area contributed by atoms with Gasteiger partial charge in [-0.25, -0.2) is 4.68 Å². The fourth-order valence-corrected chi connectivity index (χ4v) is 2.58. The summed E-state index contributed by atoms with van der Waals surface area (Å²) >= 11 is 0. The predicted octanol–water partition coefficient (Wildman–Crippen LogP) is 1.87. The number of fused-ring (bicyclic) bond motifs is 1. The summed E-state index contributed by atoms with van der Waals surface area (Å²) in [6, 6.07) is 14.4. The van der Waals surface area contributed by atoms with Crippen LogP contribution in [0.15, 0.2) is 53.3 Å². The van der Waals surface area contributed by atoms with E-state index in [1.165, 1.54) is 11.7 Å². The van der Waals surface area contributed by atoms with E-state index in [9.17, 15) is 9.59 Å². The van der Waals surface area contributed by atoms with Gasteiger partial charge in [-0.2, -0.15) is 5.10 Å². The summed E-state index contributed by atoms with van der Waals surface area (Å²) < 4.78 is 6.46. The smallest absolute Gasteiger partial charge is 0.274 e. The Morgan fingerprint density at radius 2 is 1.79 bits per heavy atom. The monoisotopic (exact) mass is 323 g/mol. The van der Waals surface area contributed by atoms with E-state index in [4.69, 9.17) is 4.74 Å². The number of hydrogen-bond acceptors (Lipinski definition) is 4. The average molecular weight is 323 g/mol. The number of aryl methyl sites for hydroxylation is 1. The Bertz CT molecular complexity index is 963. The van der Waals surface area contributed by atoms with Crippen molar-refractivity contribution in [1.82, 2.24) is 15.1 Å². The number of ether oxygens (including phenoxy) is 1. The van der Waals surface area contributed by atoms with Crippen molar-refractivity contribution in [1.29, 1.82) is 0 Å². The van der Waals surface area contributed by atoms with Crippen LogP contribution in [-0.2, 0) is 13.6 Å². The summed E-state index contributed by atoms with van der Waals surface area (Å²) in [5, 5.41) is 7.96. The highest BCUT2D eigenvalue weighted by atomic mass is 16.5. The third kappa shape index (κ3) is 2.86. The highest BCUT2D eigenvalue weighted by molar-refractivity contribution is 6.04. The highest BCUT2D eigenvalue weighted by Gasteiger charge is 2.15. The van der Waals surface area contributed by atoms with Crippen LogP contribution in [0.5, 0.6) is 5.75 Å². The SMILES string of the molecule is COc1ccccc1CNC(=O)c1nn(C)c(=O)c2ccccc12. The zero-order chi connectivity index (χ0) is 17.1. The number of nitrogens with one attached hydrogen (secondary N) is 1. The van der Waals surface area contributed by atoms with E-state index in [1.54, 1.807) is 31.4 Å². The van der Waals surface area contributed by atoms with E-state index in [0.29, 0.717) is 23.1 Å². The molecule has 0 saturated carbocycles. The number of carbonyl (C=O) groups excluding carboxylic acids is 1. The molecule has 122 valence electrons. The van der Waals surface area contributed by atoms with Gasteiger partial charge in [-0.05, 0) is 12.1 Å². The van der Waals surface area contributed by atoms with Gasteiger partial charge in [0.05, 0.1) is 12.5 Å². The molecule has 0 aliphatic heterocycles. The van der Waals surface area contributed by atoms with Crippen LogP contribution in [0.2, 0.25) is 0 Å². The number of benzene rings is 2. The number of aromatic nitrogens is 2. The van der Waals surface area contributed by atoms with Gasteiger partial charge in [-0.15, -0.1) is 0 Å². The molecule has 0 saturated heterocycles. The largest absolute Gasteiger partial charge is 0.496 e. The molecule has 1 amide bonds. The minimum atomic E-state index is -0.340. The summed E-state index contributed by atoms with van der Waals surface area (Å²) in [5.74, 6) is 0.365. The number of para-hydroxylation sites is 1. The molecule has 24 heavy (non-hydrogen) atoms. The van der Waals surface area contributed by atoms with Crippen LogP contribution in [0.4, 0.5) is 0 Å². The second kappa shape index (κ2) is 6.54. The summed E-state index contributed by atoms with van der Waals surface area (Å²) in [5.41, 5.74) is 0.858. The molecule has 0 radical (unpaired) electrons. The number of carbonyl (C=O) groups is 1. The number of methoxy groups -OCH3 is 1. The Kier molecular flexibility index (Phi) is 4.29. The summed E-state index contributed by atoms with van der Waals surface area (Å²) in [6.07, 6.45) is 0.